The summed E-state index contributed by atoms with van der Waals surface area (Å²) < 4.78 is 43.4. The highest BCUT2D eigenvalue weighted by atomic mass is 32.3. The number of phosphoric acid groups is 1. The lowest BCUT2D eigenvalue weighted by Crippen LogP contribution is -1.89. The number of hydrogen-bond donors (Lipinski definition) is 5. The summed E-state index contributed by atoms with van der Waals surface area (Å²) in [7, 11) is -9.26. The molecule has 0 spiro atoms. The molecule has 0 saturated carbocycles. The Hall–Kier alpha value is -0.0600. The molecule has 0 amide bonds. The van der Waals surface area contributed by atoms with Crippen LogP contribution in [0.2, 0.25) is 0 Å². The van der Waals surface area contributed by atoms with E-state index in [2.05, 4.69) is 4.67 Å². The molecule has 0 fully saturated rings. The van der Waals surface area contributed by atoms with Gasteiger partial charge in [0.1, 0.15) is 0 Å². The summed E-state index contributed by atoms with van der Waals surface area (Å²) >= 11 is 0. The Balaban J connectivity index is 0. The Morgan fingerprint density at radius 3 is 1.27 bits per heavy atom. The lowest BCUT2D eigenvalue weighted by atomic mass is 15.0. The van der Waals surface area contributed by atoms with Gasteiger partial charge >= 0.3 is 18.2 Å². The molecule has 0 radical (unpaired) electrons. The molecule has 5 N–H and O–H groups in total. The predicted molar refractivity (Wildman–Crippen MR) is 29.9 cm³/mol. The molecular weight excluding hydrogens is 207 g/mol. The van der Waals surface area contributed by atoms with Crippen LogP contribution in [0.4, 0.5) is 0 Å². The third-order valence-corrected chi connectivity index (χ3v) is 0.319. The molecule has 0 atom stereocenters. The largest absolute Gasteiger partial charge is 0.496 e. The van der Waals surface area contributed by atoms with Crippen molar-refractivity contribution in [3.63, 3.8) is 0 Å². The summed E-state index contributed by atoms with van der Waals surface area (Å²) in [4.78, 5) is 14.9. The fourth-order valence-corrected chi connectivity index (χ4v) is 0. The van der Waals surface area contributed by atoms with Gasteiger partial charge in [-0.25, -0.2) is 9.82 Å². The Kier molecular flexibility index (Phi) is 5.83. The highest BCUT2D eigenvalue weighted by Gasteiger charge is 2.10. The summed E-state index contributed by atoms with van der Waals surface area (Å²) in [5.74, 6) is 0. The summed E-state index contributed by atoms with van der Waals surface area (Å²) in [6.45, 7) is 0. The summed E-state index contributed by atoms with van der Waals surface area (Å²) in [5, 5.41) is 7.14. The molecule has 70 valence electrons. The van der Waals surface area contributed by atoms with Crippen LogP contribution < -0.4 is 0 Å². The quantitative estimate of drug-likeness (QED) is 0.157. The van der Waals surface area contributed by atoms with E-state index >= 15 is 0 Å². The van der Waals surface area contributed by atoms with Gasteiger partial charge in [-0.2, -0.15) is 8.42 Å². The van der Waals surface area contributed by atoms with Crippen LogP contribution >= 0.6 is 7.82 Å². The Morgan fingerprint density at radius 2 is 1.27 bits per heavy atom. The Bertz CT molecular complexity index is 208. The van der Waals surface area contributed by atoms with Gasteiger partial charge in [0.25, 0.3) is 0 Å². The van der Waals surface area contributed by atoms with Crippen LogP contribution in [0, 0.1) is 0 Å². The average Bonchev–Trinajstić information content (AvgIpc) is 1.59. The van der Waals surface area contributed by atoms with Gasteiger partial charge in [-0.1, -0.05) is 0 Å². The second-order valence-corrected chi connectivity index (χ2v) is 3.06. The minimum Gasteiger partial charge on any atom is -0.301 e. The first kappa shape index (κ1) is 13.5. The molecule has 0 aromatic carbocycles. The van der Waals surface area contributed by atoms with Gasteiger partial charge in [0.05, 0.1) is 0 Å². The zero-order valence-corrected chi connectivity index (χ0v) is 6.44. The van der Waals surface area contributed by atoms with Gasteiger partial charge in [0, 0.05) is 0 Å². The molecule has 0 bridgehead atoms. The molecule has 0 unspecified atom stereocenters. The fourth-order valence-electron chi connectivity index (χ4n) is 0. The van der Waals surface area contributed by atoms with E-state index in [0.717, 1.165) is 0 Å². The van der Waals surface area contributed by atoms with E-state index in [4.69, 9.17) is 32.6 Å². The van der Waals surface area contributed by atoms with Crippen molar-refractivity contribution in [2.24, 2.45) is 0 Å². The summed E-state index contributed by atoms with van der Waals surface area (Å²) in [5.41, 5.74) is 0. The van der Waals surface area contributed by atoms with Crippen LogP contribution in [0.5, 0.6) is 0 Å². The van der Waals surface area contributed by atoms with Crippen LogP contribution in [-0.2, 0) is 19.6 Å². The standard InChI is InChI=1S/H3O5P.H2O4S/c1-5-6(2,3)4;1-5(2,3)4/h1H,(H2,2,3,4);(H2,1,2,3,4). The van der Waals surface area contributed by atoms with Crippen LogP contribution in [-0.4, -0.2) is 32.6 Å². The monoisotopic (exact) mass is 212 g/mol. The zero-order valence-electron chi connectivity index (χ0n) is 4.72. The zero-order chi connectivity index (χ0) is 9.71. The summed E-state index contributed by atoms with van der Waals surface area (Å²) in [6.07, 6.45) is 0. The molecule has 0 saturated heterocycles. The van der Waals surface area contributed by atoms with Gasteiger partial charge in [0.15, 0.2) is 0 Å². The molecule has 9 nitrogen and oxygen atoms in total. The lowest BCUT2D eigenvalue weighted by Gasteiger charge is -1.90. The van der Waals surface area contributed by atoms with E-state index in [1.165, 1.54) is 0 Å². The van der Waals surface area contributed by atoms with Crippen LogP contribution in [0.25, 0.3) is 0 Å². The molecule has 0 aliphatic rings. The molecule has 0 aliphatic heterocycles. The number of rotatable bonds is 1. The van der Waals surface area contributed by atoms with Crippen molar-refractivity contribution in [1.82, 2.24) is 0 Å². The van der Waals surface area contributed by atoms with Gasteiger partial charge in [-0.3, -0.25) is 9.11 Å². The Morgan fingerprint density at radius 1 is 1.18 bits per heavy atom. The van der Waals surface area contributed by atoms with E-state index in [-0.39, 0.29) is 0 Å². The van der Waals surface area contributed by atoms with Crippen molar-refractivity contribution < 1.29 is 41.8 Å². The second kappa shape index (κ2) is 4.74. The smallest absolute Gasteiger partial charge is 0.301 e. The maximum absolute atomic E-state index is 9.22. The van der Waals surface area contributed by atoms with Crippen molar-refractivity contribution in [3.8, 4) is 0 Å². The van der Waals surface area contributed by atoms with Crippen molar-refractivity contribution in [3.05, 3.63) is 0 Å². The molecule has 0 aromatic rings. The topological polar surface area (TPSA) is 162 Å². The van der Waals surface area contributed by atoms with E-state index in [9.17, 15) is 4.57 Å². The van der Waals surface area contributed by atoms with Crippen LogP contribution in [0.1, 0.15) is 0 Å². The first-order valence-electron chi connectivity index (χ1n) is 1.65. The van der Waals surface area contributed by atoms with Crippen LogP contribution in [0.15, 0.2) is 0 Å². The highest BCUT2D eigenvalue weighted by molar-refractivity contribution is 7.79. The van der Waals surface area contributed by atoms with Gasteiger partial charge in [-0.15, -0.1) is 4.67 Å². The van der Waals surface area contributed by atoms with Gasteiger partial charge < -0.3 is 9.79 Å². The maximum atomic E-state index is 9.22. The second-order valence-electron chi connectivity index (χ2n) is 1.02. The van der Waals surface area contributed by atoms with Crippen molar-refractivity contribution in [2.45, 2.75) is 0 Å². The van der Waals surface area contributed by atoms with E-state index in [1.54, 1.807) is 0 Å². The molecule has 11 heteroatoms. The van der Waals surface area contributed by atoms with E-state index < -0.39 is 18.2 Å². The third-order valence-electron chi connectivity index (χ3n) is 0.106. The summed E-state index contributed by atoms with van der Waals surface area (Å²) in [6, 6.07) is 0. The molecular formula is H5O9PS. The van der Waals surface area contributed by atoms with Crippen molar-refractivity contribution in [1.29, 1.82) is 0 Å². The Labute approximate surface area is 61.0 Å². The number of hydrogen-bond acceptors (Lipinski definition) is 5. The minimum atomic E-state index is -4.67. The van der Waals surface area contributed by atoms with Crippen LogP contribution in [0.3, 0.4) is 0 Å². The van der Waals surface area contributed by atoms with Gasteiger partial charge in [0.2, 0.25) is 0 Å². The first-order chi connectivity index (χ1) is 4.56. The average molecular weight is 212 g/mol. The first-order valence-corrected chi connectivity index (χ1v) is 4.57. The van der Waals surface area contributed by atoms with Crippen molar-refractivity contribution in [2.75, 3.05) is 0 Å². The lowest BCUT2D eigenvalue weighted by molar-refractivity contribution is -0.158. The normalized spacial score (nSPS) is 11.7. The predicted octanol–water partition coefficient (Wildman–Crippen LogP) is -1.08. The van der Waals surface area contributed by atoms with E-state index in [1.807, 2.05) is 0 Å². The van der Waals surface area contributed by atoms with Gasteiger partial charge in [-0.05, 0) is 0 Å². The molecule has 0 aliphatic carbocycles. The SMILES string of the molecule is O=P(O)(O)OO.O=S(=O)(O)O. The molecule has 0 aromatic heterocycles. The molecule has 0 heterocycles. The highest BCUT2D eigenvalue weighted by Crippen LogP contribution is 2.33. The molecule has 11 heavy (non-hydrogen) atoms. The van der Waals surface area contributed by atoms with Crippen molar-refractivity contribution >= 4 is 18.2 Å². The fraction of sp³-hybridized carbons (Fsp3) is 0. The minimum absolute atomic E-state index is 2.60. The third kappa shape index (κ3) is 72.5. The van der Waals surface area contributed by atoms with E-state index in [0.29, 0.717) is 0 Å². The maximum Gasteiger partial charge on any atom is 0.496 e. The molecule has 0 rings (SSSR count).